The zero-order valence-corrected chi connectivity index (χ0v) is 7.22. The molecule has 11 heavy (non-hydrogen) atoms. The Morgan fingerprint density at radius 1 is 1.55 bits per heavy atom. The SMILES string of the molecule is C=C(O)/C(=C\C(C)=C/C)OC. The van der Waals surface area contributed by atoms with Crippen molar-refractivity contribution in [3.63, 3.8) is 0 Å². The van der Waals surface area contributed by atoms with Gasteiger partial charge in [0.25, 0.3) is 0 Å². The van der Waals surface area contributed by atoms with Gasteiger partial charge in [-0.3, -0.25) is 0 Å². The molecule has 0 fully saturated rings. The van der Waals surface area contributed by atoms with Gasteiger partial charge in [0.15, 0.2) is 5.76 Å². The molecule has 0 radical (unpaired) electrons. The number of hydrogen-bond acceptors (Lipinski definition) is 2. The smallest absolute Gasteiger partial charge is 0.160 e. The highest BCUT2D eigenvalue weighted by molar-refractivity contribution is 5.26. The summed E-state index contributed by atoms with van der Waals surface area (Å²) in [5.41, 5.74) is 1.03. The molecule has 0 amide bonds. The molecule has 0 rings (SSSR count). The maximum atomic E-state index is 8.94. The van der Waals surface area contributed by atoms with E-state index in [2.05, 4.69) is 6.58 Å². The fourth-order valence-electron chi connectivity index (χ4n) is 0.550. The lowest BCUT2D eigenvalue weighted by molar-refractivity contribution is 0.257. The highest BCUT2D eigenvalue weighted by Crippen LogP contribution is 2.08. The van der Waals surface area contributed by atoms with Gasteiger partial charge in [-0.2, -0.15) is 0 Å². The molecule has 0 aliphatic carbocycles. The number of methoxy groups -OCH3 is 1. The van der Waals surface area contributed by atoms with Crippen LogP contribution in [0.15, 0.2) is 35.8 Å². The van der Waals surface area contributed by atoms with Crippen molar-refractivity contribution < 1.29 is 9.84 Å². The van der Waals surface area contributed by atoms with Gasteiger partial charge in [0.05, 0.1) is 7.11 Å². The van der Waals surface area contributed by atoms with Gasteiger partial charge in [-0.25, -0.2) is 0 Å². The van der Waals surface area contributed by atoms with Crippen LogP contribution < -0.4 is 0 Å². The summed E-state index contributed by atoms with van der Waals surface area (Å²) in [7, 11) is 1.50. The van der Waals surface area contributed by atoms with E-state index in [1.54, 1.807) is 6.08 Å². The Labute approximate surface area is 67.5 Å². The molecule has 0 saturated carbocycles. The quantitative estimate of drug-likeness (QED) is 0.500. The van der Waals surface area contributed by atoms with Crippen LogP contribution in [0, 0.1) is 0 Å². The van der Waals surface area contributed by atoms with E-state index in [9.17, 15) is 0 Å². The van der Waals surface area contributed by atoms with Crippen molar-refractivity contribution in [2.24, 2.45) is 0 Å². The van der Waals surface area contributed by atoms with Crippen LogP contribution in [0.5, 0.6) is 0 Å². The topological polar surface area (TPSA) is 29.5 Å². The Bertz CT molecular complexity index is 200. The second-order valence-electron chi connectivity index (χ2n) is 2.19. The second kappa shape index (κ2) is 4.61. The summed E-state index contributed by atoms with van der Waals surface area (Å²) in [5, 5.41) is 8.94. The number of rotatable bonds is 3. The van der Waals surface area contributed by atoms with Crippen LogP contribution in [0.3, 0.4) is 0 Å². The van der Waals surface area contributed by atoms with E-state index < -0.39 is 0 Å². The number of ether oxygens (including phenoxy) is 1. The summed E-state index contributed by atoms with van der Waals surface area (Å²) in [4.78, 5) is 0. The molecule has 0 spiro atoms. The highest BCUT2D eigenvalue weighted by atomic mass is 16.5. The molecule has 0 aromatic heterocycles. The predicted octanol–water partition coefficient (Wildman–Crippen LogP) is 2.55. The molecule has 0 bridgehead atoms. The molecular weight excluding hydrogens is 140 g/mol. The monoisotopic (exact) mass is 154 g/mol. The molecule has 0 saturated heterocycles. The molecule has 62 valence electrons. The molecule has 2 nitrogen and oxygen atoms in total. The minimum Gasteiger partial charge on any atom is -0.505 e. The third-order valence-electron chi connectivity index (χ3n) is 1.32. The van der Waals surface area contributed by atoms with Crippen LogP contribution in [0.25, 0.3) is 0 Å². The van der Waals surface area contributed by atoms with Gasteiger partial charge in [0.1, 0.15) is 5.76 Å². The van der Waals surface area contributed by atoms with Gasteiger partial charge in [-0.05, 0) is 19.9 Å². The van der Waals surface area contributed by atoms with Crippen molar-refractivity contribution in [3.05, 3.63) is 35.8 Å². The number of aliphatic hydroxyl groups excluding tert-OH is 1. The van der Waals surface area contributed by atoms with E-state index in [-0.39, 0.29) is 5.76 Å². The minimum atomic E-state index is -0.0475. The maximum absolute atomic E-state index is 8.94. The van der Waals surface area contributed by atoms with Crippen molar-refractivity contribution in [1.29, 1.82) is 0 Å². The van der Waals surface area contributed by atoms with Crippen LogP contribution >= 0.6 is 0 Å². The largest absolute Gasteiger partial charge is 0.505 e. The molecule has 1 N–H and O–H groups in total. The number of hydrogen-bond donors (Lipinski definition) is 1. The van der Waals surface area contributed by atoms with Crippen LogP contribution in [-0.4, -0.2) is 12.2 Å². The Balaban J connectivity index is 4.49. The van der Waals surface area contributed by atoms with Crippen LogP contribution in [0.1, 0.15) is 13.8 Å². The lowest BCUT2D eigenvalue weighted by atomic mass is 10.2. The first-order chi connectivity index (χ1) is 5.11. The lowest BCUT2D eigenvalue weighted by Gasteiger charge is -2.02. The van der Waals surface area contributed by atoms with Crippen molar-refractivity contribution in [2.75, 3.05) is 7.11 Å². The van der Waals surface area contributed by atoms with Gasteiger partial charge in [0.2, 0.25) is 0 Å². The molecule has 0 aliphatic rings. The van der Waals surface area contributed by atoms with E-state index in [0.717, 1.165) is 5.57 Å². The molecule has 0 heterocycles. The Kier molecular flexibility index (Phi) is 4.11. The van der Waals surface area contributed by atoms with E-state index in [1.165, 1.54) is 7.11 Å². The Hall–Kier alpha value is -1.18. The van der Waals surface area contributed by atoms with E-state index in [4.69, 9.17) is 9.84 Å². The van der Waals surface area contributed by atoms with Gasteiger partial charge in [-0.1, -0.05) is 18.2 Å². The van der Waals surface area contributed by atoms with Crippen LogP contribution in [0.2, 0.25) is 0 Å². The van der Waals surface area contributed by atoms with E-state index in [0.29, 0.717) is 5.76 Å². The average Bonchev–Trinajstić information content (AvgIpc) is 1.99. The fraction of sp³-hybridized carbons (Fsp3) is 0.333. The lowest BCUT2D eigenvalue weighted by Crippen LogP contribution is -1.90. The standard InChI is InChI=1S/C9H14O2/c1-5-7(2)6-9(11-4)8(3)10/h5-6,10H,3H2,1-2,4H3/b7-5-,9-6+. The molecule has 0 aromatic rings. The average molecular weight is 154 g/mol. The maximum Gasteiger partial charge on any atom is 0.160 e. The predicted molar refractivity (Wildman–Crippen MR) is 46.3 cm³/mol. The van der Waals surface area contributed by atoms with Crippen LogP contribution in [-0.2, 0) is 4.74 Å². The third kappa shape index (κ3) is 3.50. The van der Waals surface area contributed by atoms with E-state index >= 15 is 0 Å². The molecule has 2 heteroatoms. The van der Waals surface area contributed by atoms with Crippen molar-refractivity contribution in [1.82, 2.24) is 0 Å². The molecule has 0 aromatic carbocycles. The molecular formula is C9H14O2. The van der Waals surface area contributed by atoms with Gasteiger partial charge < -0.3 is 9.84 Å². The first kappa shape index (κ1) is 9.82. The Morgan fingerprint density at radius 3 is 2.36 bits per heavy atom. The Morgan fingerprint density at radius 2 is 2.09 bits per heavy atom. The minimum absolute atomic E-state index is 0.0475. The first-order valence-corrected chi connectivity index (χ1v) is 3.38. The summed E-state index contributed by atoms with van der Waals surface area (Å²) in [5.74, 6) is 0.356. The van der Waals surface area contributed by atoms with Crippen molar-refractivity contribution in [2.45, 2.75) is 13.8 Å². The van der Waals surface area contributed by atoms with Crippen molar-refractivity contribution in [3.8, 4) is 0 Å². The summed E-state index contributed by atoms with van der Waals surface area (Å²) in [6.07, 6.45) is 3.64. The normalized spacial score (nSPS) is 13.0. The summed E-state index contributed by atoms with van der Waals surface area (Å²) in [6.45, 7) is 7.18. The molecule has 0 unspecified atom stereocenters. The summed E-state index contributed by atoms with van der Waals surface area (Å²) in [6, 6.07) is 0. The number of aliphatic hydroxyl groups is 1. The zero-order valence-electron chi connectivity index (χ0n) is 7.22. The zero-order chi connectivity index (χ0) is 8.85. The van der Waals surface area contributed by atoms with Crippen molar-refractivity contribution >= 4 is 0 Å². The third-order valence-corrected chi connectivity index (χ3v) is 1.32. The van der Waals surface area contributed by atoms with Gasteiger partial charge >= 0.3 is 0 Å². The second-order valence-corrected chi connectivity index (χ2v) is 2.19. The van der Waals surface area contributed by atoms with E-state index in [1.807, 2.05) is 19.9 Å². The summed E-state index contributed by atoms with van der Waals surface area (Å²) >= 11 is 0. The number of allylic oxidation sites excluding steroid dienone is 3. The van der Waals surface area contributed by atoms with Gasteiger partial charge in [0, 0.05) is 0 Å². The highest BCUT2D eigenvalue weighted by Gasteiger charge is 1.97. The molecule has 0 aliphatic heterocycles. The summed E-state index contributed by atoms with van der Waals surface area (Å²) < 4.78 is 4.85. The fourth-order valence-corrected chi connectivity index (χ4v) is 0.550. The van der Waals surface area contributed by atoms with Gasteiger partial charge in [-0.15, -0.1) is 0 Å². The van der Waals surface area contributed by atoms with Crippen LogP contribution in [0.4, 0.5) is 0 Å². The molecule has 0 atom stereocenters. The first-order valence-electron chi connectivity index (χ1n) is 3.38.